The minimum Gasteiger partial charge on any atom is -0.393 e. The Kier molecular flexibility index (Phi) is 6.37. The van der Waals surface area contributed by atoms with Crippen LogP contribution in [0.4, 0.5) is 0 Å². The lowest BCUT2D eigenvalue weighted by Gasteiger charge is -2.35. The zero-order valence-electron chi connectivity index (χ0n) is 10.9. The smallest absolute Gasteiger partial charge is 0.0621 e. The van der Waals surface area contributed by atoms with E-state index in [0.29, 0.717) is 5.92 Å². The molecular formula is C14H28O2. The van der Waals surface area contributed by atoms with Gasteiger partial charge < -0.3 is 10.2 Å². The fourth-order valence-electron chi connectivity index (χ4n) is 2.97. The monoisotopic (exact) mass is 228 g/mol. The summed E-state index contributed by atoms with van der Waals surface area (Å²) >= 11 is 0. The number of unbranched alkanes of at least 4 members (excludes halogenated alkanes) is 1. The number of hydrogen-bond donors (Lipinski definition) is 2. The van der Waals surface area contributed by atoms with Crippen molar-refractivity contribution in [1.82, 2.24) is 0 Å². The summed E-state index contributed by atoms with van der Waals surface area (Å²) in [5.41, 5.74) is 0. The minimum atomic E-state index is -0.285. The summed E-state index contributed by atoms with van der Waals surface area (Å²) in [5, 5.41) is 20.3. The van der Waals surface area contributed by atoms with Gasteiger partial charge in [0, 0.05) is 5.92 Å². The van der Waals surface area contributed by atoms with Gasteiger partial charge in [-0.05, 0) is 25.2 Å². The number of rotatable bonds is 6. The van der Waals surface area contributed by atoms with Gasteiger partial charge in [0.05, 0.1) is 12.2 Å². The second kappa shape index (κ2) is 7.29. The molecule has 1 fully saturated rings. The van der Waals surface area contributed by atoms with Crippen molar-refractivity contribution in [3.05, 3.63) is 0 Å². The van der Waals surface area contributed by atoms with Crippen LogP contribution in [0.15, 0.2) is 0 Å². The molecule has 0 bridgehead atoms. The number of aliphatic hydroxyl groups excluding tert-OH is 2. The molecule has 0 radical (unpaired) electrons. The Labute approximate surface area is 100 Å². The summed E-state index contributed by atoms with van der Waals surface area (Å²) < 4.78 is 0. The van der Waals surface area contributed by atoms with Crippen LogP contribution in [0.5, 0.6) is 0 Å². The van der Waals surface area contributed by atoms with E-state index in [2.05, 4.69) is 13.8 Å². The van der Waals surface area contributed by atoms with Crippen LogP contribution in [0, 0.1) is 11.8 Å². The van der Waals surface area contributed by atoms with Crippen LogP contribution in [-0.2, 0) is 0 Å². The molecule has 0 amide bonds. The van der Waals surface area contributed by atoms with Crippen molar-refractivity contribution in [2.45, 2.75) is 77.4 Å². The predicted octanol–water partition coefficient (Wildman–Crippen LogP) is 3.11. The molecule has 0 aliphatic heterocycles. The molecule has 2 N–H and O–H groups in total. The highest BCUT2D eigenvalue weighted by atomic mass is 16.3. The second-order valence-electron chi connectivity index (χ2n) is 5.32. The largest absolute Gasteiger partial charge is 0.393 e. The molecule has 0 heterocycles. The lowest BCUT2D eigenvalue weighted by Crippen LogP contribution is -2.38. The van der Waals surface area contributed by atoms with Crippen molar-refractivity contribution in [2.24, 2.45) is 11.8 Å². The molecule has 1 saturated carbocycles. The zero-order valence-corrected chi connectivity index (χ0v) is 10.9. The predicted molar refractivity (Wildman–Crippen MR) is 67.3 cm³/mol. The first-order valence-corrected chi connectivity index (χ1v) is 7.06. The van der Waals surface area contributed by atoms with Crippen LogP contribution in [-0.4, -0.2) is 22.4 Å². The van der Waals surface area contributed by atoms with Crippen LogP contribution < -0.4 is 0 Å². The van der Waals surface area contributed by atoms with Crippen LogP contribution >= 0.6 is 0 Å². The molecular weight excluding hydrogens is 200 g/mol. The Balaban J connectivity index is 2.47. The van der Waals surface area contributed by atoms with E-state index in [-0.39, 0.29) is 18.1 Å². The average Bonchev–Trinajstić information content (AvgIpc) is 2.30. The van der Waals surface area contributed by atoms with Crippen molar-refractivity contribution in [3.8, 4) is 0 Å². The van der Waals surface area contributed by atoms with Gasteiger partial charge in [-0.1, -0.05) is 46.0 Å². The van der Waals surface area contributed by atoms with Crippen LogP contribution in [0.25, 0.3) is 0 Å². The molecule has 0 spiro atoms. The molecule has 2 heteroatoms. The highest BCUT2D eigenvalue weighted by molar-refractivity contribution is 4.83. The summed E-state index contributed by atoms with van der Waals surface area (Å²) in [5.74, 6) is 0.522. The highest BCUT2D eigenvalue weighted by Crippen LogP contribution is 2.32. The van der Waals surface area contributed by atoms with Gasteiger partial charge in [-0.25, -0.2) is 0 Å². The third-order valence-corrected chi connectivity index (χ3v) is 4.16. The van der Waals surface area contributed by atoms with Gasteiger partial charge in [0.1, 0.15) is 0 Å². The molecule has 0 unspecified atom stereocenters. The number of hydrogen-bond acceptors (Lipinski definition) is 2. The van der Waals surface area contributed by atoms with Gasteiger partial charge in [-0.2, -0.15) is 0 Å². The van der Waals surface area contributed by atoms with Crippen molar-refractivity contribution in [2.75, 3.05) is 0 Å². The molecule has 0 aromatic carbocycles. The Morgan fingerprint density at radius 3 is 2.44 bits per heavy atom. The zero-order chi connectivity index (χ0) is 12.0. The first kappa shape index (κ1) is 14.0. The van der Waals surface area contributed by atoms with E-state index >= 15 is 0 Å². The van der Waals surface area contributed by atoms with E-state index in [1.54, 1.807) is 0 Å². The summed E-state index contributed by atoms with van der Waals surface area (Å²) in [6, 6.07) is 0. The molecule has 0 aromatic rings. The second-order valence-corrected chi connectivity index (χ2v) is 5.32. The summed E-state index contributed by atoms with van der Waals surface area (Å²) in [6.07, 6.45) is 8.15. The van der Waals surface area contributed by atoms with E-state index in [9.17, 15) is 10.2 Å². The van der Waals surface area contributed by atoms with E-state index in [1.165, 1.54) is 19.3 Å². The van der Waals surface area contributed by atoms with Gasteiger partial charge >= 0.3 is 0 Å². The molecule has 0 aromatic heterocycles. The Hall–Kier alpha value is -0.0800. The van der Waals surface area contributed by atoms with Gasteiger partial charge in [0.2, 0.25) is 0 Å². The molecule has 4 atom stereocenters. The van der Waals surface area contributed by atoms with E-state index < -0.39 is 0 Å². The fourth-order valence-corrected chi connectivity index (χ4v) is 2.97. The Bertz CT molecular complexity index is 182. The molecule has 1 aliphatic carbocycles. The topological polar surface area (TPSA) is 40.5 Å². The van der Waals surface area contributed by atoms with Crippen molar-refractivity contribution in [1.29, 1.82) is 0 Å². The van der Waals surface area contributed by atoms with Crippen LogP contribution in [0.1, 0.15) is 65.2 Å². The molecule has 1 aliphatic rings. The maximum atomic E-state index is 10.4. The van der Waals surface area contributed by atoms with Crippen molar-refractivity contribution >= 4 is 0 Å². The van der Waals surface area contributed by atoms with Crippen molar-refractivity contribution in [3.63, 3.8) is 0 Å². The molecule has 16 heavy (non-hydrogen) atoms. The Morgan fingerprint density at radius 2 is 1.88 bits per heavy atom. The lowest BCUT2D eigenvalue weighted by molar-refractivity contribution is -0.0417. The molecule has 96 valence electrons. The quantitative estimate of drug-likeness (QED) is 0.733. The van der Waals surface area contributed by atoms with E-state index in [4.69, 9.17) is 0 Å². The maximum absolute atomic E-state index is 10.4. The molecule has 2 nitrogen and oxygen atoms in total. The SMILES string of the molecule is CCCC[C@H](CC)[C@@H](O)[C@@H]1CCCC[C@@H]1O. The minimum absolute atomic E-state index is 0.135. The summed E-state index contributed by atoms with van der Waals surface area (Å²) in [4.78, 5) is 0. The average molecular weight is 228 g/mol. The standard InChI is InChI=1S/C14H28O2/c1-3-5-8-11(4-2)14(16)12-9-6-7-10-13(12)15/h11-16H,3-10H2,1-2H3/t11-,12+,13-,14+/m0/s1. The third kappa shape index (κ3) is 3.74. The van der Waals surface area contributed by atoms with Crippen LogP contribution in [0.2, 0.25) is 0 Å². The van der Waals surface area contributed by atoms with Crippen molar-refractivity contribution < 1.29 is 10.2 Å². The van der Waals surface area contributed by atoms with Gasteiger partial charge in [-0.15, -0.1) is 0 Å². The third-order valence-electron chi connectivity index (χ3n) is 4.16. The fraction of sp³-hybridized carbons (Fsp3) is 1.00. The van der Waals surface area contributed by atoms with E-state index in [0.717, 1.165) is 32.1 Å². The lowest BCUT2D eigenvalue weighted by atomic mass is 9.76. The molecule has 1 rings (SSSR count). The van der Waals surface area contributed by atoms with E-state index in [1.807, 2.05) is 0 Å². The van der Waals surface area contributed by atoms with Gasteiger partial charge in [0.25, 0.3) is 0 Å². The van der Waals surface area contributed by atoms with Gasteiger partial charge in [-0.3, -0.25) is 0 Å². The first-order valence-electron chi connectivity index (χ1n) is 7.06. The maximum Gasteiger partial charge on any atom is 0.0621 e. The normalized spacial score (nSPS) is 30.0. The number of aliphatic hydroxyl groups is 2. The Morgan fingerprint density at radius 1 is 1.19 bits per heavy atom. The molecule has 0 saturated heterocycles. The van der Waals surface area contributed by atoms with Gasteiger partial charge in [0.15, 0.2) is 0 Å². The summed E-state index contributed by atoms with van der Waals surface area (Å²) in [7, 11) is 0. The van der Waals surface area contributed by atoms with Crippen LogP contribution in [0.3, 0.4) is 0 Å². The first-order chi connectivity index (χ1) is 7.70. The highest BCUT2D eigenvalue weighted by Gasteiger charge is 2.33. The summed E-state index contributed by atoms with van der Waals surface area (Å²) in [6.45, 7) is 4.34.